The number of nitrogens with zero attached hydrogens (tertiary/aromatic N) is 1. The zero-order chi connectivity index (χ0) is 11.7. The van der Waals surface area contributed by atoms with Gasteiger partial charge in [0.05, 0.1) is 6.61 Å². The third-order valence-electron chi connectivity index (χ3n) is 3.27. The zero-order valence-corrected chi connectivity index (χ0v) is 9.76. The Morgan fingerprint density at radius 2 is 2.06 bits per heavy atom. The molecule has 0 atom stereocenters. The number of fused-ring (bicyclic) bond motifs is 1. The number of aliphatic hydroxyl groups is 1. The van der Waals surface area contributed by atoms with Crippen molar-refractivity contribution in [2.45, 2.75) is 25.4 Å². The van der Waals surface area contributed by atoms with Gasteiger partial charge in [0, 0.05) is 19.1 Å². The Labute approximate surface area is 101 Å². The molecule has 4 heteroatoms. The van der Waals surface area contributed by atoms with E-state index in [1.165, 1.54) is 18.4 Å². The maximum Gasteiger partial charge on any atom is 0.231 e. The molecule has 1 saturated carbocycles. The number of benzene rings is 1. The van der Waals surface area contributed by atoms with Crippen molar-refractivity contribution in [1.82, 2.24) is 4.90 Å². The molecule has 17 heavy (non-hydrogen) atoms. The van der Waals surface area contributed by atoms with E-state index in [9.17, 15) is 0 Å². The Morgan fingerprint density at radius 1 is 1.24 bits per heavy atom. The van der Waals surface area contributed by atoms with E-state index in [0.29, 0.717) is 12.8 Å². The minimum atomic E-state index is 0.223. The van der Waals surface area contributed by atoms with Gasteiger partial charge < -0.3 is 14.6 Å². The van der Waals surface area contributed by atoms with E-state index in [1.54, 1.807) is 0 Å². The van der Waals surface area contributed by atoms with Crippen molar-refractivity contribution in [3.05, 3.63) is 23.8 Å². The molecular formula is C13H17NO3. The molecular weight excluding hydrogens is 218 g/mol. The van der Waals surface area contributed by atoms with Crippen LogP contribution in [0.2, 0.25) is 0 Å². The van der Waals surface area contributed by atoms with Gasteiger partial charge in [-0.05, 0) is 30.5 Å². The summed E-state index contributed by atoms with van der Waals surface area (Å²) in [4.78, 5) is 2.33. The summed E-state index contributed by atoms with van der Waals surface area (Å²) < 4.78 is 10.7. The predicted octanol–water partition coefficient (Wildman–Crippen LogP) is 1.37. The van der Waals surface area contributed by atoms with E-state index in [-0.39, 0.29) is 6.61 Å². The molecule has 1 aliphatic carbocycles. The van der Waals surface area contributed by atoms with Crippen molar-refractivity contribution in [1.29, 1.82) is 0 Å². The Kier molecular flexibility index (Phi) is 2.91. The maximum absolute atomic E-state index is 9.06. The molecule has 0 saturated heterocycles. The fraction of sp³-hybridized carbons (Fsp3) is 0.538. The van der Waals surface area contributed by atoms with Gasteiger partial charge in [0.2, 0.25) is 6.79 Å². The first kappa shape index (κ1) is 10.9. The van der Waals surface area contributed by atoms with Crippen LogP contribution in [0.25, 0.3) is 0 Å². The van der Waals surface area contributed by atoms with Crippen LogP contribution in [0.15, 0.2) is 18.2 Å². The summed E-state index contributed by atoms with van der Waals surface area (Å²) in [5.41, 5.74) is 1.22. The highest BCUT2D eigenvalue weighted by molar-refractivity contribution is 5.44. The first-order valence-electron chi connectivity index (χ1n) is 6.10. The molecule has 0 bridgehead atoms. The summed E-state index contributed by atoms with van der Waals surface area (Å²) in [5, 5.41) is 9.06. The minimum Gasteiger partial charge on any atom is -0.454 e. The molecule has 1 aromatic rings. The number of rotatable bonds is 5. The number of aliphatic hydroxyl groups excluding tert-OH is 1. The van der Waals surface area contributed by atoms with Crippen molar-refractivity contribution in [2.75, 3.05) is 19.9 Å². The van der Waals surface area contributed by atoms with E-state index < -0.39 is 0 Å². The second-order valence-electron chi connectivity index (χ2n) is 4.61. The highest BCUT2D eigenvalue weighted by atomic mass is 16.7. The van der Waals surface area contributed by atoms with Gasteiger partial charge in [0.1, 0.15) is 0 Å². The fourth-order valence-corrected chi connectivity index (χ4v) is 2.23. The van der Waals surface area contributed by atoms with Crippen molar-refractivity contribution in [3.63, 3.8) is 0 Å². The average Bonchev–Trinajstić information content (AvgIpc) is 3.07. The van der Waals surface area contributed by atoms with Gasteiger partial charge in [-0.2, -0.15) is 0 Å². The molecule has 1 aromatic carbocycles. The van der Waals surface area contributed by atoms with Crippen LogP contribution in [-0.4, -0.2) is 36.0 Å². The van der Waals surface area contributed by atoms with Crippen LogP contribution in [0.3, 0.4) is 0 Å². The monoisotopic (exact) mass is 235 g/mol. The quantitative estimate of drug-likeness (QED) is 0.837. The summed E-state index contributed by atoms with van der Waals surface area (Å²) in [6, 6.07) is 6.73. The lowest BCUT2D eigenvalue weighted by atomic mass is 10.2. The van der Waals surface area contributed by atoms with E-state index in [2.05, 4.69) is 11.0 Å². The number of hydrogen-bond acceptors (Lipinski definition) is 4. The number of hydrogen-bond donors (Lipinski definition) is 1. The average molecular weight is 235 g/mol. The zero-order valence-electron chi connectivity index (χ0n) is 9.76. The Morgan fingerprint density at radius 3 is 2.82 bits per heavy atom. The molecule has 1 N–H and O–H groups in total. The van der Waals surface area contributed by atoms with Gasteiger partial charge >= 0.3 is 0 Å². The molecule has 2 aliphatic rings. The van der Waals surface area contributed by atoms with Gasteiger partial charge in [-0.15, -0.1) is 0 Å². The summed E-state index contributed by atoms with van der Waals surface area (Å²) in [7, 11) is 0. The molecule has 0 unspecified atom stereocenters. The number of ether oxygens (including phenoxy) is 2. The van der Waals surface area contributed by atoms with Crippen LogP contribution in [-0.2, 0) is 6.54 Å². The molecule has 1 aliphatic heterocycles. The fourth-order valence-electron chi connectivity index (χ4n) is 2.23. The SMILES string of the molecule is OCCN(Cc1ccc2c(c1)OCO2)C1CC1. The molecule has 92 valence electrons. The lowest BCUT2D eigenvalue weighted by Crippen LogP contribution is -2.28. The second kappa shape index (κ2) is 4.55. The minimum absolute atomic E-state index is 0.223. The first-order chi connectivity index (χ1) is 8.36. The van der Waals surface area contributed by atoms with Gasteiger partial charge in [-0.1, -0.05) is 6.07 Å². The van der Waals surface area contributed by atoms with Gasteiger partial charge in [0.25, 0.3) is 0 Å². The van der Waals surface area contributed by atoms with E-state index in [0.717, 1.165) is 24.6 Å². The van der Waals surface area contributed by atoms with Gasteiger partial charge in [0.15, 0.2) is 11.5 Å². The topological polar surface area (TPSA) is 41.9 Å². The predicted molar refractivity (Wildman–Crippen MR) is 63.1 cm³/mol. The van der Waals surface area contributed by atoms with Crippen molar-refractivity contribution in [3.8, 4) is 11.5 Å². The summed E-state index contributed by atoms with van der Waals surface area (Å²) in [5.74, 6) is 1.66. The lowest BCUT2D eigenvalue weighted by molar-refractivity contribution is 0.173. The van der Waals surface area contributed by atoms with E-state index >= 15 is 0 Å². The highest BCUT2D eigenvalue weighted by Gasteiger charge is 2.28. The molecule has 0 spiro atoms. The molecule has 0 radical (unpaired) electrons. The molecule has 1 fully saturated rings. The molecule has 3 rings (SSSR count). The molecule has 4 nitrogen and oxygen atoms in total. The van der Waals surface area contributed by atoms with Crippen LogP contribution in [0.5, 0.6) is 11.5 Å². The van der Waals surface area contributed by atoms with E-state index in [1.807, 2.05) is 12.1 Å². The Hall–Kier alpha value is -1.26. The third-order valence-corrected chi connectivity index (χ3v) is 3.27. The van der Waals surface area contributed by atoms with Crippen molar-refractivity contribution < 1.29 is 14.6 Å². The van der Waals surface area contributed by atoms with Crippen LogP contribution in [0.1, 0.15) is 18.4 Å². The maximum atomic E-state index is 9.06. The van der Waals surface area contributed by atoms with Crippen LogP contribution in [0.4, 0.5) is 0 Å². The van der Waals surface area contributed by atoms with Crippen LogP contribution < -0.4 is 9.47 Å². The largest absolute Gasteiger partial charge is 0.454 e. The molecule has 1 heterocycles. The third kappa shape index (κ3) is 2.37. The van der Waals surface area contributed by atoms with Crippen molar-refractivity contribution >= 4 is 0 Å². The molecule has 0 aromatic heterocycles. The van der Waals surface area contributed by atoms with Crippen molar-refractivity contribution in [2.24, 2.45) is 0 Å². The van der Waals surface area contributed by atoms with Gasteiger partial charge in [-0.3, -0.25) is 4.90 Å². The van der Waals surface area contributed by atoms with Crippen LogP contribution in [0, 0.1) is 0 Å². The lowest BCUT2D eigenvalue weighted by Gasteiger charge is -2.20. The van der Waals surface area contributed by atoms with Gasteiger partial charge in [-0.25, -0.2) is 0 Å². The summed E-state index contributed by atoms with van der Waals surface area (Å²) in [6.07, 6.45) is 2.51. The Bertz CT molecular complexity index is 404. The Balaban J connectivity index is 1.70. The van der Waals surface area contributed by atoms with E-state index in [4.69, 9.17) is 14.6 Å². The smallest absolute Gasteiger partial charge is 0.231 e. The summed E-state index contributed by atoms with van der Waals surface area (Å²) in [6.45, 7) is 2.17. The second-order valence-corrected chi connectivity index (χ2v) is 4.61. The normalized spacial score (nSPS) is 17.8. The standard InChI is InChI=1S/C13H17NO3/c15-6-5-14(11-2-3-11)8-10-1-4-12-13(7-10)17-9-16-12/h1,4,7,11,15H,2-3,5-6,8-9H2. The van der Waals surface area contributed by atoms with Crippen LogP contribution >= 0.6 is 0 Å². The highest BCUT2D eigenvalue weighted by Crippen LogP contribution is 2.34. The summed E-state index contributed by atoms with van der Waals surface area (Å²) >= 11 is 0. The first-order valence-corrected chi connectivity index (χ1v) is 6.10. The molecule has 0 amide bonds.